The van der Waals surface area contributed by atoms with Crippen LogP contribution in [0, 0.1) is 6.92 Å². The Kier molecular flexibility index (Phi) is 3.66. The van der Waals surface area contributed by atoms with E-state index in [1.54, 1.807) is 0 Å². The highest BCUT2D eigenvalue weighted by Crippen LogP contribution is 2.25. The first kappa shape index (κ1) is 14.5. The molecule has 4 rings (SSSR count). The van der Waals surface area contributed by atoms with Crippen molar-refractivity contribution in [1.82, 2.24) is 9.80 Å². The molecule has 2 heterocycles. The molecule has 1 fully saturated rings. The third-order valence-corrected chi connectivity index (χ3v) is 5.09. The fourth-order valence-electron chi connectivity index (χ4n) is 3.64. The van der Waals surface area contributed by atoms with E-state index < -0.39 is 0 Å². The minimum absolute atomic E-state index is 0.169. The van der Waals surface area contributed by atoms with Gasteiger partial charge in [-0.2, -0.15) is 0 Å². The summed E-state index contributed by atoms with van der Waals surface area (Å²) < 4.78 is 0. The van der Waals surface area contributed by atoms with E-state index in [0.717, 1.165) is 43.7 Å². The zero-order valence-corrected chi connectivity index (χ0v) is 13.5. The van der Waals surface area contributed by atoms with Crippen LogP contribution in [0.3, 0.4) is 0 Å². The van der Waals surface area contributed by atoms with Crippen LogP contribution in [0.4, 0.5) is 0 Å². The average molecular weight is 306 g/mol. The first-order chi connectivity index (χ1) is 11.2. The maximum Gasteiger partial charge on any atom is 0.253 e. The number of aryl methyl sites for hydroxylation is 1. The molecule has 0 unspecified atom stereocenters. The van der Waals surface area contributed by atoms with Crippen LogP contribution in [0.5, 0.6) is 0 Å². The Balaban J connectivity index is 1.38. The van der Waals surface area contributed by atoms with E-state index in [1.165, 1.54) is 11.1 Å². The van der Waals surface area contributed by atoms with E-state index in [1.807, 2.05) is 36.1 Å². The summed E-state index contributed by atoms with van der Waals surface area (Å²) in [7, 11) is 0. The van der Waals surface area contributed by atoms with Crippen molar-refractivity contribution in [1.29, 1.82) is 0 Å². The number of benzene rings is 2. The Labute approximate surface area is 137 Å². The van der Waals surface area contributed by atoms with Gasteiger partial charge in [-0.05, 0) is 36.6 Å². The van der Waals surface area contributed by atoms with E-state index in [4.69, 9.17) is 0 Å². The van der Waals surface area contributed by atoms with E-state index in [-0.39, 0.29) is 5.91 Å². The Morgan fingerprint density at radius 3 is 2.61 bits per heavy atom. The zero-order valence-electron chi connectivity index (χ0n) is 13.5. The molecular formula is C20H22N2O. The molecular weight excluding hydrogens is 284 g/mol. The SMILES string of the molecule is Cc1cccc(C(=O)N2CC(N3CCc4ccccc4C3)C2)c1. The van der Waals surface area contributed by atoms with Gasteiger partial charge in [0.15, 0.2) is 0 Å². The molecule has 3 heteroatoms. The number of carbonyl (C=O) groups is 1. The second-order valence-electron chi connectivity index (χ2n) is 6.72. The normalized spacial score (nSPS) is 18.4. The fraction of sp³-hybridized carbons (Fsp3) is 0.350. The van der Waals surface area contributed by atoms with Crippen LogP contribution in [0.2, 0.25) is 0 Å². The minimum atomic E-state index is 0.169. The maximum absolute atomic E-state index is 12.5. The van der Waals surface area contributed by atoms with Gasteiger partial charge in [0, 0.05) is 37.8 Å². The molecule has 1 amide bonds. The van der Waals surface area contributed by atoms with Gasteiger partial charge >= 0.3 is 0 Å². The van der Waals surface area contributed by atoms with E-state index in [0.29, 0.717) is 6.04 Å². The molecule has 2 aliphatic rings. The van der Waals surface area contributed by atoms with Gasteiger partial charge in [0.2, 0.25) is 0 Å². The standard InChI is InChI=1S/C20H22N2O/c1-15-5-4-8-17(11-15)20(23)22-13-19(14-22)21-10-9-16-6-2-3-7-18(16)12-21/h2-8,11,19H,9-10,12-14H2,1H3. The third-order valence-electron chi connectivity index (χ3n) is 5.09. The van der Waals surface area contributed by atoms with Crippen molar-refractivity contribution in [2.45, 2.75) is 25.9 Å². The zero-order chi connectivity index (χ0) is 15.8. The van der Waals surface area contributed by atoms with Gasteiger partial charge < -0.3 is 4.90 Å². The highest BCUT2D eigenvalue weighted by atomic mass is 16.2. The van der Waals surface area contributed by atoms with Crippen molar-refractivity contribution < 1.29 is 4.79 Å². The van der Waals surface area contributed by atoms with Crippen LogP contribution in [0.1, 0.15) is 27.0 Å². The summed E-state index contributed by atoms with van der Waals surface area (Å²) in [4.78, 5) is 17.0. The van der Waals surface area contributed by atoms with Crippen LogP contribution < -0.4 is 0 Å². The van der Waals surface area contributed by atoms with Crippen molar-refractivity contribution in [2.75, 3.05) is 19.6 Å². The van der Waals surface area contributed by atoms with Gasteiger partial charge in [0.25, 0.3) is 5.91 Å². The summed E-state index contributed by atoms with van der Waals surface area (Å²) in [5, 5.41) is 0. The lowest BCUT2D eigenvalue weighted by Crippen LogP contribution is -2.61. The van der Waals surface area contributed by atoms with Gasteiger partial charge in [-0.15, -0.1) is 0 Å². The van der Waals surface area contributed by atoms with Gasteiger partial charge in [-0.1, -0.05) is 42.0 Å². The third kappa shape index (κ3) is 2.77. The second kappa shape index (κ2) is 5.82. The number of fused-ring (bicyclic) bond motifs is 1. The lowest BCUT2D eigenvalue weighted by molar-refractivity contribution is 0.0218. The van der Waals surface area contributed by atoms with Crippen molar-refractivity contribution in [3.63, 3.8) is 0 Å². The van der Waals surface area contributed by atoms with E-state index in [2.05, 4.69) is 29.2 Å². The maximum atomic E-state index is 12.5. The largest absolute Gasteiger partial charge is 0.335 e. The van der Waals surface area contributed by atoms with Crippen molar-refractivity contribution in [3.8, 4) is 0 Å². The molecule has 3 nitrogen and oxygen atoms in total. The fourth-order valence-corrected chi connectivity index (χ4v) is 3.64. The predicted molar refractivity (Wildman–Crippen MR) is 91.4 cm³/mol. The number of hydrogen-bond donors (Lipinski definition) is 0. The molecule has 2 aromatic carbocycles. The van der Waals surface area contributed by atoms with Gasteiger partial charge in [0.05, 0.1) is 0 Å². The summed E-state index contributed by atoms with van der Waals surface area (Å²) in [6, 6.07) is 17.1. The van der Waals surface area contributed by atoms with E-state index >= 15 is 0 Å². The molecule has 0 N–H and O–H groups in total. The molecule has 118 valence electrons. The molecule has 0 bridgehead atoms. The van der Waals surface area contributed by atoms with Crippen molar-refractivity contribution >= 4 is 5.91 Å². The Morgan fingerprint density at radius 2 is 1.83 bits per heavy atom. The van der Waals surface area contributed by atoms with Gasteiger partial charge in [0.1, 0.15) is 0 Å². The van der Waals surface area contributed by atoms with Gasteiger partial charge in [-0.3, -0.25) is 9.69 Å². The van der Waals surface area contributed by atoms with Crippen LogP contribution in [-0.4, -0.2) is 41.4 Å². The number of hydrogen-bond acceptors (Lipinski definition) is 2. The highest BCUT2D eigenvalue weighted by molar-refractivity contribution is 5.95. The minimum Gasteiger partial charge on any atom is -0.335 e. The van der Waals surface area contributed by atoms with Crippen molar-refractivity contribution in [3.05, 3.63) is 70.8 Å². The lowest BCUT2D eigenvalue weighted by atomic mass is 9.96. The summed E-state index contributed by atoms with van der Waals surface area (Å²) in [6.45, 7) is 5.87. The molecule has 0 saturated carbocycles. The molecule has 0 aromatic heterocycles. The summed E-state index contributed by atoms with van der Waals surface area (Å²) in [5.74, 6) is 0.169. The molecule has 0 radical (unpaired) electrons. The molecule has 23 heavy (non-hydrogen) atoms. The molecule has 0 aliphatic carbocycles. The summed E-state index contributed by atoms with van der Waals surface area (Å²) >= 11 is 0. The predicted octanol–water partition coefficient (Wildman–Crippen LogP) is 2.88. The molecule has 0 atom stereocenters. The second-order valence-corrected chi connectivity index (χ2v) is 6.72. The van der Waals surface area contributed by atoms with Gasteiger partial charge in [-0.25, -0.2) is 0 Å². The Hall–Kier alpha value is -2.13. The van der Waals surface area contributed by atoms with Crippen LogP contribution >= 0.6 is 0 Å². The lowest BCUT2D eigenvalue weighted by Gasteiger charge is -2.47. The number of amides is 1. The quantitative estimate of drug-likeness (QED) is 0.852. The molecule has 2 aliphatic heterocycles. The van der Waals surface area contributed by atoms with Crippen LogP contribution in [-0.2, 0) is 13.0 Å². The number of likely N-dealkylation sites (tertiary alicyclic amines) is 1. The van der Waals surface area contributed by atoms with E-state index in [9.17, 15) is 4.79 Å². The highest BCUT2D eigenvalue weighted by Gasteiger charge is 2.36. The van der Waals surface area contributed by atoms with Crippen molar-refractivity contribution in [2.24, 2.45) is 0 Å². The molecule has 1 saturated heterocycles. The summed E-state index contributed by atoms with van der Waals surface area (Å²) in [6.07, 6.45) is 1.12. The first-order valence-corrected chi connectivity index (χ1v) is 8.37. The number of nitrogens with zero attached hydrogens (tertiary/aromatic N) is 2. The average Bonchev–Trinajstić information content (AvgIpc) is 2.53. The Bertz CT molecular complexity index is 734. The molecule has 2 aromatic rings. The Morgan fingerprint density at radius 1 is 1.04 bits per heavy atom. The number of rotatable bonds is 2. The van der Waals surface area contributed by atoms with Crippen LogP contribution in [0.15, 0.2) is 48.5 Å². The smallest absolute Gasteiger partial charge is 0.253 e. The number of carbonyl (C=O) groups excluding carboxylic acids is 1. The monoisotopic (exact) mass is 306 g/mol. The molecule has 0 spiro atoms. The topological polar surface area (TPSA) is 23.6 Å². The summed E-state index contributed by atoms with van der Waals surface area (Å²) in [5.41, 5.74) is 4.88. The van der Waals surface area contributed by atoms with Crippen LogP contribution in [0.25, 0.3) is 0 Å². The first-order valence-electron chi connectivity index (χ1n) is 8.37.